The summed E-state index contributed by atoms with van der Waals surface area (Å²) in [4.78, 5) is 14.5. The Morgan fingerprint density at radius 3 is 2.37 bits per heavy atom. The Bertz CT molecular complexity index is 963. The zero-order valence-corrected chi connectivity index (χ0v) is 18.9. The Balaban J connectivity index is 1.42. The van der Waals surface area contributed by atoms with Crippen LogP contribution in [0.15, 0.2) is 48.5 Å². The highest BCUT2D eigenvalue weighted by atomic mass is 35.5. The molecule has 2 aromatic rings. The van der Waals surface area contributed by atoms with Gasteiger partial charge in [0.15, 0.2) is 0 Å². The van der Waals surface area contributed by atoms with Crippen LogP contribution in [0, 0.1) is 0 Å². The normalized spacial score (nSPS) is 15.8. The van der Waals surface area contributed by atoms with E-state index in [2.05, 4.69) is 22.3 Å². The second kappa shape index (κ2) is 10.6. The van der Waals surface area contributed by atoms with Gasteiger partial charge in [0.1, 0.15) is 0 Å². The van der Waals surface area contributed by atoms with Crippen molar-refractivity contribution in [3.8, 4) is 0 Å². The van der Waals surface area contributed by atoms with Gasteiger partial charge in [-0.2, -0.15) is 4.31 Å². The highest BCUT2D eigenvalue weighted by Crippen LogP contribution is 2.20. The van der Waals surface area contributed by atoms with Crippen molar-refractivity contribution >= 4 is 39.1 Å². The molecule has 1 saturated heterocycles. The zero-order valence-electron chi connectivity index (χ0n) is 16.6. The van der Waals surface area contributed by atoms with Crippen LogP contribution in [0.3, 0.4) is 0 Å². The molecule has 9 heteroatoms. The molecular weight excluding hydrogens is 445 g/mol. The Hall–Kier alpha value is -1.64. The summed E-state index contributed by atoms with van der Waals surface area (Å²) in [5, 5.41) is 3.28. The Kier molecular flexibility index (Phi) is 8.13. The predicted molar refractivity (Wildman–Crippen MR) is 121 cm³/mol. The predicted octanol–water partition coefficient (Wildman–Crippen LogP) is 2.91. The van der Waals surface area contributed by atoms with Gasteiger partial charge in [0.2, 0.25) is 10.0 Å². The molecule has 0 aromatic heterocycles. The molecule has 1 aliphatic heterocycles. The monoisotopic (exact) mass is 469 g/mol. The smallest absolute Gasteiger partial charge is 0.252 e. The van der Waals surface area contributed by atoms with Crippen molar-refractivity contribution in [3.05, 3.63) is 69.7 Å². The van der Waals surface area contributed by atoms with E-state index in [9.17, 15) is 13.2 Å². The number of piperazine rings is 1. The third kappa shape index (κ3) is 6.43. The van der Waals surface area contributed by atoms with Crippen molar-refractivity contribution in [3.63, 3.8) is 0 Å². The van der Waals surface area contributed by atoms with Crippen LogP contribution < -0.4 is 5.32 Å². The van der Waals surface area contributed by atoms with E-state index < -0.39 is 15.9 Å². The van der Waals surface area contributed by atoms with Crippen LogP contribution in [0.4, 0.5) is 0 Å². The van der Waals surface area contributed by atoms with Gasteiger partial charge in [0.05, 0.1) is 16.3 Å². The van der Waals surface area contributed by atoms with Gasteiger partial charge in [-0.1, -0.05) is 53.5 Å². The van der Waals surface area contributed by atoms with Gasteiger partial charge in [-0.3, -0.25) is 4.79 Å². The van der Waals surface area contributed by atoms with E-state index in [0.717, 1.165) is 13.0 Å². The lowest BCUT2D eigenvalue weighted by atomic mass is 10.1. The molecule has 30 heavy (non-hydrogen) atoms. The first-order chi connectivity index (χ1) is 14.3. The van der Waals surface area contributed by atoms with Crippen LogP contribution in [0.2, 0.25) is 10.0 Å². The summed E-state index contributed by atoms with van der Waals surface area (Å²) in [5.74, 6) is -0.564. The first-order valence-corrected chi connectivity index (χ1v) is 12.2. The van der Waals surface area contributed by atoms with Crippen molar-refractivity contribution in [1.82, 2.24) is 14.5 Å². The molecule has 1 fully saturated rings. The van der Waals surface area contributed by atoms with Crippen molar-refractivity contribution in [1.29, 1.82) is 0 Å². The summed E-state index contributed by atoms with van der Waals surface area (Å²) in [6, 6.07) is 14.8. The highest BCUT2D eigenvalue weighted by Gasteiger charge is 2.26. The fourth-order valence-corrected chi connectivity index (χ4v) is 5.19. The summed E-state index contributed by atoms with van der Waals surface area (Å²) < 4.78 is 26.7. The average molecular weight is 470 g/mol. The molecule has 1 amide bonds. The third-order valence-electron chi connectivity index (χ3n) is 5.11. The molecule has 0 spiro atoms. The number of carbonyl (C=O) groups excluding carboxylic acids is 1. The van der Waals surface area contributed by atoms with Crippen molar-refractivity contribution in [2.45, 2.75) is 6.42 Å². The lowest BCUT2D eigenvalue weighted by Crippen LogP contribution is -2.50. The first kappa shape index (κ1) is 23.0. The molecule has 6 nitrogen and oxygen atoms in total. The molecule has 0 unspecified atom stereocenters. The number of nitrogens with one attached hydrogen (secondary N) is 1. The van der Waals surface area contributed by atoms with E-state index in [0.29, 0.717) is 31.2 Å². The number of hydrogen-bond donors (Lipinski definition) is 1. The molecule has 0 saturated carbocycles. The van der Waals surface area contributed by atoms with Gasteiger partial charge in [-0.15, -0.1) is 0 Å². The largest absolute Gasteiger partial charge is 0.351 e. The summed E-state index contributed by atoms with van der Waals surface area (Å²) in [6.45, 7) is 3.28. The van der Waals surface area contributed by atoms with Gasteiger partial charge >= 0.3 is 0 Å². The minimum absolute atomic E-state index is 0.0222. The number of rotatable bonds is 8. The molecule has 0 atom stereocenters. The van der Waals surface area contributed by atoms with Crippen molar-refractivity contribution in [2.24, 2.45) is 0 Å². The SMILES string of the molecule is O=C(NCCS(=O)(=O)N1CCN(CCc2ccccc2)CC1)c1ccc(Cl)cc1Cl. The maximum absolute atomic E-state index is 12.6. The highest BCUT2D eigenvalue weighted by molar-refractivity contribution is 7.89. The summed E-state index contributed by atoms with van der Waals surface area (Å²) in [5.41, 5.74) is 1.55. The number of amides is 1. The lowest BCUT2D eigenvalue weighted by Gasteiger charge is -2.34. The second-order valence-electron chi connectivity index (χ2n) is 7.17. The lowest BCUT2D eigenvalue weighted by molar-refractivity contribution is 0.0956. The fourth-order valence-electron chi connectivity index (χ4n) is 3.35. The number of hydrogen-bond acceptors (Lipinski definition) is 4. The van der Waals surface area contributed by atoms with Gasteiger partial charge < -0.3 is 10.2 Å². The molecule has 3 rings (SSSR count). The summed E-state index contributed by atoms with van der Waals surface area (Å²) >= 11 is 11.8. The minimum atomic E-state index is -3.43. The second-order valence-corrected chi connectivity index (χ2v) is 10.1. The molecule has 0 radical (unpaired) electrons. The summed E-state index contributed by atoms with van der Waals surface area (Å²) in [7, 11) is -3.43. The number of nitrogens with zero attached hydrogens (tertiary/aromatic N) is 2. The first-order valence-electron chi connectivity index (χ1n) is 9.82. The number of halogens is 2. The van der Waals surface area contributed by atoms with E-state index in [4.69, 9.17) is 23.2 Å². The van der Waals surface area contributed by atoms with Crippen molar-refractivity contribution < 1.29 is 13.2 Å². The topological polar surface area (TPSA) is 69.7 Å². The van der Waals surface area contributed by atoms with E-state index in [-0.39, 0.29) is 22.9 Å². The van der Waals surface area contributed by atoms with Gasteiger partial charge in [-0.05, 0) is 30.2 Å². The molecule has 1 heterocycles. The molecule has 0 aliphatic carbocycles. The number of carbonyl (C=O) groups is 1. The molecule has 1 N–H and O–H groups in total. The molecular formula is C21H25Cl2N3O3S. The molecule has 1 aliphatic rings. The fraction of sp³-hybridized carbons (Fsp3) is 0.381. The Morgan fingerprint density at radius 1 is 1.00 bits per heavy atom. The van der Waals surface area contributed by atoms with Gasteiger partial charge in [0.25, 0.3) is 5.91 Å². The summed E-state index contributed by atoms with van der Waals surface area (Å²) in [6.07, 6.45) is 0.951. The molecule has 162 valence electrons. The Morgan fingerprint density at radius 2 is 1.70 bits per heavy atom. The maximum atomic E-state index is 12.6. The quantitative estimate of drug-likeness (QED) is 0.644. The van der Waals surface area contributed by atoms with Gasteiger partial charge in [0, 0.05) is 44.3 Å². The Labute approximate surface area is 187 Å². The average Bonchev–Trinajstić information content (AvgIpc) is 2.73. The van der Waals surface area contributed by atoms with E-state index in [1.807, 2.05) is 18.2 Å². The third-order valence-corrected chi connectivity index (χ3v) is 7.53. The zero-order chi connectivity index (χ0) is 21.6. The van der Waals surface area contributed by atoms with Crippen LogP contribution in [0.1, 0.15) is 15.9 Å². The van der Waals surface area contributed by atoms with Crippen LogP contribution >= 0.6 is 23.2 Å². The molecule has 0 bridgehead atoms. The number of benzene rings is 2. The van der Waals surface area contributed by atoms with Crippen LogP contribution in [0.5, 0.6) is 0 Å². The standard InChI is InChI=1S/C21H25Cl2N3O3S/c22-18-6-7-19(20(23)16-18)21(27)24-9-15-30(28,29)26-13-11-25(12-14-26)10-8-17-4-2-1-3-5-17/h1-7,16H,8-15H2,(H,24,27). The maximum Gasteiger partial charge on any atom is 0.252 e. The van der Waals surface area contributed by atoms with Crippen LogP contribution in [-0.2, 0) is 16.4 Å². The van der Waals surface area contributed by atoms with E-state index in [1.54, 1.807) is 6.07 Å². The molecule has 2 aromatic carbocycles. The van der Waals surface area contributed by atoms with Gasteiger partial charge in [-0.25, -0.2) is 8.42 Å². The van der Waals surface area contributed by atoms with E-state index in [1.165, 1.54) is 22.0 Å². The van der Waals surface area contributed by atoms with Crippen LogP contribution in [-0.4, -0.2) is 68.6 Å². The van der Waals surface area contributed by atoms with Crippen molar-refractivity contribution in [2.75, 3.05) is 45.0 Å². The number of sulfonamides is 1. The minimum Gasteiger partial charge on any atom is -0.351 e. The van der Waals surface area contributed by atoms with E-state index >= 15 is 0 Å². The van der Waals surface area contributed by atoms with Crippen LogP contribution in [0.25, 0.3) is 0 Å².